The third-order valence-corrected chi connectivity index (χ3v) is 2.91. The number of nitrogens with one attached hydrogen (secondary N) is 1. The summed E-state index contributed by atoms with van der Waals surface area (Å²) in [7, 11) is 0. The fraction of sp³-hybridized carbons (Fsp3) is 0.368. The van der Waals surface area contributed by atoms with Crippen LogP contribution < -0.4 is 17.1 Å². The summed E-state index contributed by atoms with van der Waals surface area (Å²) in [5, 5.41) is 40.9. The van der Waals surface area contributed by atoms with E-state index in [0.717, 1.165) is 0 Å². The van der Waals surface area contributed by atoms with Crippen LogP contribution in [-0.4, -0.2) is 70.8 Å². The highest BCUT2D eigenvalue weighted by molar-refractivity contribution is 5.85. The second-order valence-electron chi connectivity index (χ2n) is 6.02. The van der Waals surface area contributed by atoms with Crippen LogP contribution in [0, 0.1) is 0 Å². The van der Waals surface area contributed by atoms with Crippen LogP contribution in [0.4, 0.5) is 0 Å². The van der Waals surface area contributed by atoms with Crippen molar-refractivity contribution in [2.75, 3.05) is 13.2 Å². The number of carbonyl (C=O) groups is 3. The number of H-pyrrole nitrogens is 1. The lowest BCUT2D eigenvalue weighted by molar-refractivity contribution is -0.133. The first-order chi connectivity index (χ1) is 15.0. The number of hydrogen-bond acceptors (Lipinski definition) is 8. The minimum atomic E-state index is -0.935. The first kappa shape index (κ1) is 33.6. The van der Waals surface area contributed by atoms with Crippen molar-refractivity contribution >= 4 is 17.9 Å². The van der Waals surface area contributed by atoms with Gasteiger partial charge in [-0.15, -0.1) is 0 Å². The molecule has 1 aromatic heterocycles. The van der Waals surface area contributed by atoms with Crippen LogP contribution in [-0.2, 0) is 27.5 Å². The van der Waals surface area contributed by atoms with Crippen molar-refractivity contribution < 1.29 is 39.9 Å². The van der Waals surface area contributed by atoms with Crippen molar-refractivity contribution in [3.8, 4) is 0 Å². The molecule has 6 N–H and O–H groups in total. The molecule has 0 aliphatic carbocycles. The Hall–Kier alpha value is -4.04. The van der Waals surface area contributed by atoms with Gasteiger partial charge >= 0.3 is 35.0 Å². The number of aliphatic carboxylic acids is 3. The Labute approximate surface area is 187 Å². The number of rotatable bonds is 7. The van der Waals surface area contributed by atoms with Gasteiger partial charge in [-0.05, 0) is 20.8 Å². The largest absolute Gasteiger partial charge is 0.478 e. The highest BCUT2D eigenvalue weighted by Crippen LogP contribution is 1.82. The van der Waals surface area contributed by atoms with Crippen LogP contribution in [0.5, 0.6) is 0 Å². The van der Waals surface area contributed by atoms with Gasteiger partial charge < -0.3 is 25.5 Å². The molecule has 0 aliphatic heterocycles. The summed E-state index contributed by atoms with van der Waals surface area (Å²) < 4.78 is 1.38. The summed E-state index contributed by atoms with van der Waals surface area (Å²) in [6.07, 6.45) is 0. The van der Waals surface area contributed by atoms with E-state index >= 15 is 0 Å². The molecule has 1 aromatic rings. The molecule has 0 atom stereocenters. The van der Waals surface area contributed by atoms with Gasteiger partial charge in [-0.25, -0.2) is 37.9 Å². The highest BCUT2D eigenvalue weighted by atomic mass is 16.4. The monoisotopic (exact) mass is 475 g/mol. The van der Waals surface area contributed by atoms with E-state index in [0.29, 0.717) is 9.13 Å². The lowest BCUT2D eigenvalue weighted by Gasteiger charge is -2.05. The maximum atomic E-state index is 11.5. The first-order valence-electron chi connectivity index (χ1n) is 8.87. The van der Waals surface area contributed by atoms with Crippen LogP contribution in [0.3, 0.4) is 0 Å². The van der Waals surface area contributed by atoms with Crippen LogP contribution in [0.2, 0.25) is 0 Å². The van der Waals surface area contributed by atoms with Crippen LogP contribution in [0.15, 0.2) is 50.8 Å². The van der Waals surface area contributed by atoms with Gasteiger partial charge in [0.2, 0.25) is 0 Å². The van der Waals surface area contributed by atoms with Crippen molar-refractivity contribution in [1.29, 1.82) is 0 Å². The molecular formula is C19H29N3O11. The van der Waals surface area contributed by atoms with Gasteiger partial charge in [0, 0.05) is 16.7 Å². The van der Waals surface area contributed by atoms with Crippen LogP contribution in [0.1, 0.15) is 20.8 Å². The zero-order valence-corrected chi connectivity index (χ0v) is 18.5. The van der Waals surface area contributed by atoms with Crippen molar-refractivity contribution in [2.45, 2.75) is 33.9 Å². The molecule has 0 saturated carbocycles. The summed E-state index contributed by atoms with van der Waals surface area (Å²) in [6, 6.07) is 0. The minimum Gasteiger partial charge on any atom is -0.478 e. The maximum absolute atomic E-state index is 11.5. The first-order valence-corrected chi connectivity index (χ1v) is 8.87. The molecule has 0 saturated heterocycles. The molecule has 0 aromatic carbocycles. The number of carboxylic acid groups (broad SMARTS) is 3. The molecule has 0 aliphatic rings. The molecule has 14 heteroatoms. The Morgan fingerprint density at radius 2 is 0.909 bits per heavy atom. The van der Waals surface area contributed by atoms with Gasteiger partial charge in [0.1, 0.15) is 0 Å². The molecule has 0 spiro atoms. The van der Waals surface area contributed by atoms with Crippen molar-refractivity contribution in [2.24, 2.45) is 0 Å². The molecule has 0 amide bonds. The van der Waals surface area contributed by atoms with Crippen molar-refractivity contribution in [3.05, 3.63) is 67.9 Å². The molecule has 0 fully saturated rings. The number of aliphatic hydroxyl groups excluding tert-OH is 2. The average Bonchev–Trinajstić information content (AvgIpc) is 2.69. The number of carboxylic acids is 3. The van der Waals surface area contributed by atoms with E-state index in [1.165, 1.54) is 20.8 Å². The standard InChI is InChI=1S/C7H11N3O5.3C4H6O2/c11-3-1-9-5(13)8-6(14)10(2-4-12)7(9)15;3*1-3(2)4(5)6/h11-12H,1-4H2,(H,8,13,14);3*1H2,2H3,(H,5,6). The molecular weight excluding hydrogens is 446 g/mol. The lowest BCUT2D eigenvalue weighted by atomic mass is 10.4. The Morgan fingerprint density at radius 1 is 0.697 bits per heavy atom. The topological polar surface area (TPSA) is 229 Å². The van der Waals surface area contributed by atoms with Crippen LogP contribution in [0.25, 0.3) is 0 Å². The molecule has 0 bridgehead atoms. The molecule has 0 radical (unpaired) electrons. The molecule has 186 valence electrons. The van der Waals surface area contributed by atoms with E-state index in [-0.39, 0.29) is 43.0 Å². The zero-order valence-electron chi connectivity index (χ0n) is 18.5. The van der Waals surface area contributed by atoms with E-state index < -0.39 is 35.0 Å². The van der Waals surface area contributed by atoms with E-state index in [1.807, 2.05) is 4.98 Å². The third kappa shape index (κ3) is 16.3. The quantitative estimate of drug-likeness (QED) is 0.252. The van der Waals surface area contributed by atoms with Crippen molar-refractivity contribution in [3.63, 3.8) is 0 Å². The predicted octanol–water partition coefficient (Wildman–Crippen LogP) is -1.38. The number of aromatic amines is 1. The third-order valence-electron chi connectivity index (χ3n) is 2.91. The second kappa shape index (κ2) is 17.6. The molecule has 1 heterocycles. The summed E-state index contributed by atoms with van der Waals surface area (Å²) in [4.78, 5) is 64.4. The molecule has 14 nitrogen and oxygen atoms in total. The Bertz CT molecular complexity index is 894. The van der Waals surface area contributed by atoms with Gasteiger partial charge in [-0.3, -0.25) is 4.98 Å². The lowest BCUT2D eigenvalue weighted by Crippen LogP contribution is -2.50. The summed E-state index contributed by atoms with van der Waals surface area (Å²) >= 11 is 0. The highest BCUT2D eigenvalue weighted by Gasteiger charge is 2.08. The van der Waals surface area contributed by atoms with Gasteiger partial charge in [0.15, 0.2) is 0 Å². The number of nitrogens with zero attached hydrogens (tertiary/aromatic N) is 2. The predicted molar refractivity (Wildman–Crippen MR) is 117 cm³/mol. The summed E-state index contributed by atoms with van der Waals surface area (Å²) in [5.41, 5.74) is -2.05. The Kier molecular flexibility index (Phi) is 17.9. The fourth-order valence-electron chi connectivity index (χ4n) is 1.14. The molecule has 1 rings (SSSR count). The summed E-state index contributed by atoms with van der Waals surface area (Å²) in [6.45, 7) is 12.6. The average molecular weight is 475 g/mol. The fourth-order valence-corrected chi connectivity index (χ4v) is 1.14. The smallest absolute Gasteiger partial charge is 0.336 e. The van der Waals surface area contributed by atoms with E-state index in [2.05, 4.69) is 19.7 Å². The van der Waals surface area contributed by atoms with Crippen LogP contribution >= 0.6 is 0 Å². The van der Waals surface area contributed by atoms with Gasteiger partial charge in [-0.2, -0.15) is 0 Å². The number of aliphatic hydroxyl groups is 2. The minimum absolute atomic E-state index is 0.176. The zero-order chi connectivity index (χ0) is 26.9. The van der Waals surface area contributed by atoms with Gasteiger partial charge in [0.05, 0.1) is 26.3 Å². The Balaban J connectivity index is -0.000000417. The van der Waals surface area contributed by atoms with Gasteiger partial charge in [0.25, 0.3) is 0 Å². The SMILES string of the molecule is C=C(C)C(=O)O.C=C(C)C(=O)O.C=C(C)C(=O)O.O=c1[nH]c(=O)n(CCO)c(=O)n1CCO. The van der Waals surface area contributed by atoms with E-state index in [4.69, 9.17) is 25.5 Å². The maximum Gasteiger partial charge on any atom is 0.336 e. The number of hydrogen-bond donors (Lipinski definition) is 6. The molecule has 33 heavy (non-hydrogen) atoms. The molecule has 0 unspecified atom stereocenters. The Morgan fingerprint density at radius 3 is 1.06 bits per heavy atom. The van der Waals surface area contributed by atoms with E-state index in [1.54, 1.807) is 0 Å². The number of aromatic nitrogens is 3. The van der Waals surface area contributed by atoms with Gasteiger partial charge in [-0.1, -0.05) is 19.7 Å². The normalized spacial score (nSPS) is 8.88. The van der Waals surface area contributed by atoms with E-state index in [9.17, 15) is 28.8 Å². The van der Waals surface area contributed by atoms with Crippen molar-refractivity contribution in [1.82, 2.24) is 14.1 Å². The summed E-state index contributed by atoms with van der Waals surface area (Å²) in [5.74, 6) is -2.81. The second-order valence-corrected chi connectivity index (χ2v) is 6.02.